The molecule has 7 heteroatoms. The minimum absolute atomic E-state index is 0.357. The van der Waals surface area contributed by atoms with Crippen LogP contribution in [0.5, 0.6) is 0 Å². The Bertz CT molecular complexity index is 352. The number of hydrogen-bond acceptors (Lipinski definition) is 6. The van der Waals surface area contributed by atoms with Gasteiger partial charge in [0, 0.05) is 20.8 Å². The largest absolute Gasteiger partial charge is 0.435 e. The van der Waals surface area contributed by atoms with E-state index in [1.165, 1.54) is 27.1 Å². The van der Waals surface area contributed by atoms with Gasteiger partial charge >= 0.3 is 11.9 Å². The molecule has 2 unspecified atom stereocenters. The van der Waals surface area contributed by atoms with Crippen LogP contribution >= 0.6 is 0 Å². The number of hydrogen-bond donors (Lipinski definition) is 0. The predicted molar refractivity (Wildman–Crippen MR) is 52.1 cm³/mol. The number of esters is 2. The molecule has 0 aromatic heterocycles. The van der Waals surface area contributed by atoms with Crippen LogP contribution in [0.25, 0.3) is 0 Å². The van der Waals surface area contributed by atoms with Crippen molar-refractivity contribution in [2.45, 2.75) is 33.2 Å². The van der Waals surface area contributed by atoms with Gasteiger partial charge in [0.05, 0.1) is 6.34 Å². The minimum Gasteiger partial charge on any atom is -0.435 e. The first kappa shape index (κ1) is 12.2. The lowest BCUT2D eigenvalue weighted by Crippen LogP contribution is -2.43. The monoisotopic (exact) mass is 228 g/mol. The van der Waals surface area contributed by atoms with Crippen molar-refractivity contribution in [3.05, 3.63) is 0 Å². The van der Waals surface area contributed by atoms with E-state index in [4.69, 9.17) is 9.47 Å². The fourth-order valence-electron chi connectivity index (χ4n) is 1.22. The summed E-state index contributed by atoms with van der Waals surface area (Å²) >= 11 is 0. The van der Waals surface area contributed by atoms with E-state index in [1.54, 1.807) is 0 Å². The van der Waals surface area contributed by atoms with Gasteiger partial charge in [-0.1, -0.05) is 0 Å². The molecule has 0 saturated heterocycles. The molecule has 2 atom stereocenters. The molecular weight excluding hydrogens is 216 g/mol. The molecule has 0 aromatic rings. The number of aliphatic imine (C=N–C) groups is 1. The zero-order valence-corrected chi connectivity index (χ0v) is 9.17. The summed E-state index contributed by atoms with van der Waals surface area (Å²) in [7, 11) is 0. The summed E-state index contributed by atoms with van der Waals surface area (Å²) < 4.78 is 9.66. The maximum Gasteiger partial charge on any atom is 0.304 e. The first-order chi connectivity index (χ1) is 7.41. The molecule has 0 radical (unpaired) electrons. The Kier molecular flexibility index (Phi) is 3.60. The normalized spacial score (nSPS) is 23.1. The zero-order valence-electron chi connectivity index (χ0n) is 9.17. The van der Waals surface area contributed by atoms with Crippen molar-refractivity contribution in [3.63, 3.8) is 0 Å². The molecule has 1 aliphatic rings. The lowest BCUT2D eigenvalue weighted by atomic mass is 10.4. The number of nitrogens with zero attached hydrogens (tertiary/aromatic N) is 2. The third-order valence-corrected chi connectivity index (χ3v) is 1.79. The highest BCUT2D eigenvalue weighted by atomic mass is 16.6. The fourth-order valence-corrected chi connectivity index (χ4v) is 1.22. The standard InChI is InChI=1S/C9H12N2O5/c1-5(12)11-4-10-8(15-6(2)13)9(11)16-7(3)14/h4,8-9H,1-3H3. The Morgan fingerprint density at radius 3 is 2.12 bits per heavy atom. The highest BCUT2D eigenvalue weighted by Gasteiger charge is 2.37. The van der Waals surface area contributed by atoms with Gasteiger partial charge in [-0.05, 0) is 0 Å². The van der Waals surface area contributed by atoms with Crippen molar-refractivity contribution in [1.82, 2.24) is 4.90 Å². The van der Waals surface area contributed by atoms with Crippen molar-refractivity contribution in [1.29, 1.82) is 0 Å². The van der Waals surface area contributed by atoms with E-state index in [0.29, 0.717) is 0 Å². The minimum atomic E-state index is -1.01. The van der Waals surface area contributed by atoms with Crippen LogP contribution in [0.15, 0.2) is 4.99 Å². The molecule has 7 nitrogen and oxygen atoms in total. The van der Waals surface area contributed by atoms with Gasteiger partial charge in [0.1, 0.15) is 0 Å². The number of ether oxygens (including phenoxy) is 2. The molecule has 0 N–H and O–H groups in total. The van der Waals surface area contributed by atoms with Crippen molar-refractivity contribution < 1.29 is 23.9 Å². The van der Waals surface area contributed by atoms with Crippen LogP contribution in [-0.2, 0) is 23.9 Å². The van der Waals surface area contributed by atoms with Crippen LogP contribution < -0.4 is 0 Å². The molecule has 0 aliphatic carbocycles. The molecule has 0 bridgehead atoms. The quantitative estimate of drug-likeness (QED) is 0.603. The van der Waals surface area contributed by atoms with E-state index >= 15 is 0 Å². The number of amides is 1. The topological polar surface area (TPSA) is 85.3 Å². The van der Waals surface area contributed by atoms with Crippen LogP contribution in [0.3, 0.4) is 0 Å². The average molecular weight is 228 g/mol. The van der Waals surface area contributed by atoms with Crippen LogP contribution in [0.2, 0.25) is 0 Å². The van der Waals surface area contributed by atoms with Crippen LogP contribution in [-0.4, -0.2) is 41.5 Å². The van der Waals surface area contributed by atoms with Gasteiger partial charge in [0.2, 0.25) is 12.1 Å². The third kappa shape index (κ3) is 2.78. The van der Waals surface area contributed by atoms with Crippen LogP contribution in [0, 0.1) is 0 Å². The zero-order chi connectivity index (χ0) is 12.3. The number of carbonyl (C=O) groups is 3. The summed E-state index contributed by atoms with van der Waals surface area (Å²) in [5.41, 5.74) is 0. The number of rotatable bonds is 2. The molecule has 1 aliphatic heterocycles. The van der Waals surface area contributed by atoms with E-state index in [-0.39, 0.29) is 5.91 Å². The van der Waals surface area contributed by atoms with Gasteiger partial charge in [0.15, 0.2) is 0 Å². The van der Waals surface area contributed by atoms with Gasteiger partial charge in [-0.25, -0.2) is 4.99 Å². The highest BCUT2D eigenvalue weighted by Crippen LogP contribution is 2.17. The summed E-state index contributed by atoms with van der Waals surface area (Å²) in [6.45, 7) is 3.69. The van der Waals surface area contributed by atoms with E-state index < -0.39 is 24.4 Å². The Labute approximate surface area is 92.0 Å². The molecule has 0 saturated carbocycles. The lowest BCUT2D eigenvalue weighted by molar-refractivity contribution is -0.174. The first-order valence-electron chi connectivity index (χ1n) is 4.58. The predicted octanol–water partition coefficient (Wildman–Crippen LogP) is -0.345. The maximum absolute atomic E-state index is 11.2. The molecule has 1 rings (SSSR count). The summed E-state index contributed by atoms with van der Waals surface area (Å²) in [6.07, 6.45) is -0.826. The second kappa shape index (κ2) is 4.73. The molecular formula is C9H12N2O5. The maximum atomic E-state index is 11.2. The molecule has 0 spiro atoms. The first-order valence-corrected chi connectivity index (χ1v) is 4.58. The van der Waals surface area contributed by atoms with Gasteiger partial charge in [-0.3, -0.25) is 19.3 Å². The van der Waals surface area contributed by atoms with Gasteiger partial charge in [0.25, 0.3) is 6.23 Å². The van der Waals surface area contributed by atoms with Crippen molar-refractivity contribution in [2.75, 3.05) is 0 Å². The molecule has 1 heterocycles. The van der Waals surface area contributed by atoms with Gasteiger partial charge < -0.3 is 9.47 Å². The smallest absolute Gasteiger partial charge is 0.304 e. The Balaban J connectivity index is 2.78. The second-order valence-electron chi connectivity index (χ2n) is 3.19. The summed E-state index contributed by atoms with van der Waals surface area (Å²) in [5, 5.41) is 0. The van der Waals surface area contributed by atoms with E-state index in [1.807, 2.05) is 0 Å². The van der Waals surface area contributed by atoms with Gasteiger partial charge in [-0.2, -0.15) is 0 Å². The average Bonchev–Trinajstić information content (AvgIpc) is 2.47. The van der Waals surface area contributed by atoms with E-state index in [2.05, 4.69) is 4.99 Å². The fraction of sp³-hybridized carbons (Fsp3) is 0.556. The Morgan fingerprint density at radius 2 is 1.69 bits per heavy atom. The molecule has 0 fully saturated rings. The molecule has 1 amide bonds. The molecule has 16 heavy (non-hydrogen) atoms. The molecule has 0 aromatic carbocycles. The highest BCUT2D eigenvalue weighted by molar-refractivity contribution is 5.88. The lowest BCUT2D eigenvalue weighted by Gasteiger charge is -2.23. The SMILES string of the molecule is CC(=O)OC1N=CN(C(C)=O)C1OC(C)=O. The van der Waals surface area contributed by atoms with Crippen molar-refractivity contribution in [3.8, 4) is 0 Å². The van der Waals surface area contributed by atoms with Crippen molar-refractivity contribution in [2.24, 2.45) is 4.99 Å². The number of carbonyl (C=O) groups excluding carboxylic acids is 3. The Morgan fingerprint density at radius 1 is 1.12 bits per heavy atom. The van der Waals surface area contributed by atoms with Gasteiger partial charge in [-0.15, -0.1) is 0 Å². The Hall–Kier alpha value is -1.92. The van der Waals surface area contributed by atoms with E-state index in [0.717, 1.165) is 4.90 Å². The summed E-state index contributed by atoms with van der Waals surface area (Å²) in [5.74, 6) is -1.51. The van der Waals surface area contributed by atoms with E-state index in [9.17, 15) is 14.4 Å². The third-order valence-electron chi connectivity index (χ3n) is 1.79. The van der Waals surface area contributed by atoms with Crippen molar-refractivity contribution >= 4 is 24.2 Å². The second-order valence-corrected chi connectivity index (χ2v) is 3.19. The van der Waals surface area contributed by atoms with Crippen LogP contribution in [0.4, 0.5) is 0 Å². The van der Waals surface area contributed by atoms with Crippen LogP contribution in [0.1, 0.15) is 20.8 Å². The summed E-state index contributed by atoms with van der Waals surface area (Å²) in [4.78, 5) is 37.6. The summed E-state index contributed by atoms with van der Waals surface area (Å²) in [6, 6.07) is 0. The molecule has 88 valence electrons.